The van der Waals surface area contributed by atoms with Crippen molar-refractivity contribution >= 4 is 17.8 Å². The number of ether oxygens (including phenoxy) is 1. The molecule has 4 amide bonds. The molecule has 8 nitrogen and oxygen atoms in total. The van der Waals surface area contributed by atoms with Crippen LogP contribution >= 0.6 is 0 Å². The second kappa shape index (κ2) is 6.00. The summed E-state index contributed by atoms with van der Waals surface area (Å²) in [6.45, 7) is 0.817. The molecule has 3 heterocycles. The van der Waals surface area contributed by atoms with Crippen molar-refractivity contribution in [3.8, 4) is 5.75 Å². The van der Waals surface area contributed by atoms with Crippen molar-refractivity contribution in [2.45, 2.75) is 12.5 Å². The fourth-order valence-electron chi connectivity index (χ4n) is 2.65. The van der Waals surface area contributed by atoms with Crippen LogP contribution in [0.5, 0.6) is 5.75 Å². The van der Waals surface area contributed by atoms with E-state index in [1.807, 2.05) is 0 Å². The SMILES string of the molecule is O=C(COc1cccnc1)N1CCC(N2C(=O)CNC2=O)C1. The molecule has 3 rings (SSSR count). The number of likely N-dealkylation sites (tertiary alicyclic amines) is 1. The van der Waals surface area contributed by atoms with Crippen LogP contribution in [0, 0.1) is 0 Å². The summed E-state index contributed by atoms with van der Waals surface area (Å²) in [4.78, 5) is 42.1. The average molecular weight is 304 g/mol. The minimum Gasteiger partial charge on any atom is -0.482 e. The fraction of sp³-hybridized carbons (Fsp3) is 0.429. The zero-order valence-electron chi connectivity index (χ0n) is 11.9. The van der Waals surface area contributed by atoms with E-state index in [0.717, 1.165) is 0 Å². The Kier molecular flexibility index (Phi) is 3.90. The van der Waals surface area contributed by atoms with Gasteiger partial charge >= 0.3 is 6.03 Å². The topological polar surface area (TPSA) is 91.8 Å². The van der Waals surface area contributed by atoms with E-state index in [9.17, 15) is 14.4 Å². The number of nitrogens with one attached hydrogen (secondary N) is 1. The van der Waals surface area contributed by atoms with Crippen molar-refractivity contribution in [2.75, 3.05) is 26.2 Å². The van der Waals surface area contributed by atoms with Gasteiger partial charge in [-0.3, -0.25) is 19.5 Å². The van der Waals surface area contributed by atoms with Crippen molar-refractivity contribution in [1.82, 2.24) is 20.1 Å². The maximum absolute atomic E-state index is 12.1. The minimum absolute atomic E-state index is 0.0351. The molecular weight excluding hydrogens is 288 g/mol. The summed E-state index contributed by atoms with van der Waals surface area (Å²) in [7, 11) is 0. The van der Waals surface area contributed by atoms with E-state index in [1.165, 1.54) is 11.1 Å². The summed E-state index contributed by atoms with van der Waals surface area (Å²) in [6, 6.07) is 2.82. The number of amides is 4. The van der Waals surface area contributed by atoms with Crippen LogP contribution in [0.15, 0.2) is 24.5 Å². The number of carbonyl (C=O) groups excluding carboxylic acids is 3. The van der Waals surface area contributed by atoms with E-state index in [-0.39, 0.29) is 37.0 Å². The molecule has 1 N–H and O–H groups in total. The first-order valence-electron chi connectivity index (χ1n) is 7.05. The third-order valence-corrected chi connectivity index (χ3v) is 3.76. The lowest BCUT2D eigenvalue weighted by atomic mass is 10.2. The Morgan fingerprint density at radius 1 is 1.45 bits per heavy atom. The number of hydrogen-bond acceptors (Lipinski definition) is 5. The van der Waals surface area contributed by atoms with Crippen molar-refractivity contribution in [1.29, 1.82) is 0 Å². The maximum Gasteiger partial charge on any atom is 0.324 e. The third kappa shape index (κ3) is 2.85. The second-order valence-electron chi connectivity index (χ2n) is 5.18. The Balaban J connectivity index is 1.53. The van der Waals surface area contributed by atoms with Gasteiger partial charge in [-0.05, 0) is 18.6 Å². The molecule has 0 radical (unpaired) electrons. The molecule has 1 atom stereocenters. The molecule has 0 spiro atoms. The van der Waals surface area contributed by atoms with Crippen molar-refractivity contribution in [3.63, 3.8) is 0 Å². The van der Waals surface area contributed by atoms with Crippen LogP contribution in [0.25, 0.3) is 0 Å². The van der Waals surface area contributed by atoms with E-state index in [2.05, 4.69) is 10.3 Å². The highest BCUT2D eigenvalue weighted by Crippen LogP contribution is 2.18. The first-order chi connectivity index (χ1) is 10.6. The zero-order valence-corrected chi connectivity index (χ0v) is 11.9. The predicted molar refractivity (Wildman–Crippen MR) is 75.0 cm³/mol. The lowest BCUT2D eigenvalue weighted by Crippen LogP contribution is -2.43. The van der Waals surface area contributed by atoms with Gasteiger partial charge in [0, 0.05) is 19.3 Å². The van der Waals surface area contributed by atoms with E-state index >= 15 is 0 Å². The summed E-state index contributed by atoms with van der Waals surface area (Å²) in [5.41, 5.74) is 0. The Labute approximate surface area is 127 Å². The monoisotopic (exact) mass is 304 g/mol. The molecule has 1 unspecified atom stereocenters. The molecule has 1 aromatic heterocycles. The van der Waals surface area contributed by atoms with Gasteiger partial charge in [0.15, 0.2) is 6.61 Å². The van der Waals surface area contributed by atoms with E-state index in [0.29, 0.717) is 25.3 Å². The van der Waals surface area contributed by atoms with Gasteiger partial charge in [0.25, 0.3) is 5.91 Å². The molecule has 2 aliphatic heterocycles. The van der Waals surface area contributed by atoms with Crippen LogP contribution in [0.4, 0.5) is 4.79 Å². The molecule has 2 aliphatic rings. The lowest BCUT2D eigenvalue weighted by molar-refractivity contribution is -0.133. The van der Waals surface area contributed by atoms with Crippen LogP contribution < -0.4 is 10.1 Å². The number of pyridine rings is 1. The summed E-state index contributed by atoms with van der Waals surface area (Å²) in [5, 5.41) is 2.49. The number of urea groups is 1. The Hall–Kier alpha value is -2.64. The molecule has 0 bridgehead atoms. The van der Waals surface area contributed by atoms with Crippen LogP contribution in [0.2, 0.25) is 0 Å². The molecule has 0 aliphatic carbocycles. The summed E-state index contributed by atoms with van der Waals surface area (Å²) >= 11 is 0. The van der Waals surface area contributed by atoms with Gasteiger partial charge in [-0.15, -0.1) is 0 Å². The standard InChI is InChI=1S/C14H16N4O4/c19-12-7-16-14(21)18(12)10-3-5-17(8-10)13(20)9-22-11-2-1-4-15-6-11/h1-2,4,6,10H,3,5,7-9H2,(H,16,21). The van der Waals surface area contributed by atoms with Gasteiger partial charge in [-0.2, -0.15) is 0 Å². The molecule has 22 heavy (non-hydrogen) atoms. The molecular formula is C14H16N4O4. The molecule has 116 valence electrons. The van der Waals surface area contributed by atoms with Crippen molar-refractivity contribution < 1.29 is 19.1 Å². The van der Waals surface area contributed by atoms with Crippen LogP contribution in [0.1, 0.15) is 6.42 Å². The van der Waals surface area contributed by atoms with Gasteiger partial charge in [0.1, 0.15) is 5.75 Å². The molecule has 1 aromatic rings. The first kappa shape index (κ1) is 14.3. The fourth-order valence-corrected chi connectivity index (χ4v) is 2.65. The number of imide groups is 1. The Morgan fingerprint density at radius 3 is 3.00 bits per heavy atom. The van der Waals surface area contributed by atoms with Gasteiger partial charge in [-0.25, -0.2) is 4.79 Å². The van der Waals surface area contributed by atoms with Crippen molar-refractivity contribution in [3.05, 3.63) is 24.5 Å². The molecule has 8 heteroatoms. The maximum atomic E-state index is 12.1. The van der Waals surface area contributed by atoms with Crippen LogP contribution in [0.3, 0.4) is 0 Å². The number of rotatable bonds is 4. The lowest BCUT2D eigenvalue weighted by Gasteiger charge is -2.21. The number of aromatic nitrogens is 1. The van der Waals surface area contributed by atoms with Gasteiger partial charge in [0.05, 0.1) is 18.8 Å². The minimum atomic E-state index is -0.379. The zero-order chi connectivity index (χ0) is 15.5. The molecule has 0 saturated carbocycles. The Bertz CT molecular complexity index is 576. The second-order valence-corrected chi connectivity index (χ2v) is 5.18. The Morgan fingerprint density at radius 2 is 2.32 bits per heavy atom. The highest BCUT2D eigenvalue weighted by atomic mass is 16.5. The number of hydrogen-bond donors (Lipinski definition) is 1. The van der Waals surface area contributed by atoms with E-state index < -0.39 is 0 Å². The van der Waals surface area contributed by atoms with Gasteiger partial charge in [-0.1, -0.05) is 0 Å². The third-order valence-electron chi connectivity index (χ3n) is 3.76. The predicted octanol–water partition coefficient (Wildman–Crippen LogP) is -0.387. The van der Waals surface area contributed by atoms with Crippen LogP contribution in [-0.2, 0) is 9.59 Å². The van der Waals surface area contributed by atoms with E-state index in [4.69, 9.17) is 4.74 Å². The molecule has 2 fully saturated rings. The smallest absolute Gasteiger partial charge is 0.324 e. The number of carbonyl (C=O) groups is 3. The quantitative estimate of drug-likeness (QED) is 0.765. The first-order valence-corrected chi connectivity index (χ1v) is 7.05. The highest BCUT2D eigenvalue weighted by Gasteiger charge is 2.39. The van der Waals surface area contributed by atoms with Gasteiger partial charge in [0.2, 0.25) is 5.91 Å². The number of nitrogens with zero attached hydrogens (tertiary/aromatic N) is 3. The highest BCUT2D eigenvalue weighted by molar-refractivity contribution is 6.02. The summed E-state index contributed by atoms with van der Waals surface area (Å²) < 4.78 is 5.37. The largest absolute Gasteiger partial charge is 0.482 e. The molecule has 2 saturated heterocycles. The summed E-state index contributed by atoms with van der Waals surface area (Å²) in [6.07, 6.45) is 3.75. The molecule has 0 aromatic carbocycles. The van der Waals surface area contributed by atoms with E-state index in [1.54, 1.807) is 23.2 Å². The average Bonchev–Trinajstić information content (AvgIpc) is 3.13. The van der Waals surface area contributed by atoms with Crippen molar-refractivity contribution in [2.24, 2.45) is 0 Å². The van der Waals surface area contributed by atoms with Gasteiger partial charge < -0.3 is 15.0 Å². The summed E-state index contributed by atoms with van der Waals surface area (Å²) in [5.74, 6) is 0.120. The normalized spacial score (nSPS) is 21.2. The van der Waals surface area contributed by atoms with Crippen LogP contribution in [-0.4, -0.2) is 64.9 Å².